The first-order chi connectivity index (χ1) is 8.85. The molecule has 0 aliphatic carbocycles. The van der Waals surface area contributed by atoms with Crippen LogP contribution < -0.4 is 5.32 Å². The molecule has 2 N–H and O–H groups in total. The van der Waals surface area contributed by atoms with Crippen LogP contribution in [0, 0.1) is 21.7 Å². The predicted octanol–water partition coefficient (Wildman–Crippen LogP) is 2.54. The molecule has 0 saturated heterocycles. The molecule has 0 saturated carbocycles. The molecule has 104 valence electrons. The summed E-state index contributed by atoms with van der Waals surface area (Å²) >= 11 is 0. The zero-order valence-electron chi connectivity index (χ0n) is 10.0. The normalized spacial score (nSPS) is 11.9. The van der Waals surface area contributed by atoms with Gasteiger partial charge in [0.2, 0.25) is 0 Å². The van der Waals surface area contributed by atoms with Gasteiger partial charge in [-0.2, -0.15) is 0 Å². The summed E-state index contributed by atoms with van der Waals surface area (Å²) in [5.74, 6) is -3.37. The van der Waals surface area contributed by atoms with Crippen molar-refractivity contribution >= 4 is 17.3 Å². The number of carboxylic acids is 1. The van der Waals surface area contributed by atoms with Crippen LogP contribution in [0.5, 0.6) is 0 Å². The van der Waals surface area contributed by atoms with Crippen LogP contribution in [-0.4, -0.2) is 22.0 Å². The van der Waals surface area contributed by atoms with Crippen molar-refractivity contribution in [2.45, 2.75) is 25.8 Å². The van der Waals surface area contributed by atoms with Gasteiger partial charge in [-0.1, -0.05) is 6.92 Å². The topological polar surface area (TPSA) is 92.5 Å². The van der Waals surface area contributed by atoms with E-state index in [4.69, 9.17) is 5.11 Å². The zero-order chi connectivity index (χ0) is 14.6. The number of hydrogen-bond acceptors (Lipinski definition) is 4. The molecule has 19 heavy (non-hydrogen) atoms. The summed E-state index contributed by atoms with van der Waals surface area (Å²) in [7, 11) is 0. The molecule has 1 rings (SSSR count). The standard InChI is InChI=1S/C11H12F2N2O4/c1-2-6(3-10(16)17)14-11-8(12)4-7(15(18)19)5-9(11)13/h4-6,14H,2-3H2,1H3,(H,16,17). The SMILES string of the molecule is CCC(CC(=O)O)Nc1c(F)cc([N+](=O)[O-])cc1F. The molecule has 0 aliphatic heterocycles. The molecule has 1 aromatic carbocycles. The second-order valence-electron chi connectivity index (χ2n) is 3.89. The number of benzene rings is 1. The van der Waals surface area contributed by atoms with E-state index in [0.29, 0.717) is 18.6 Å². The van der Waals surface area contributed by atoms with Gasteiger partial charge in [0.25, 0.3) is 5.69 Å². The number of rotatable bonds is 6. The fourth-order valence-electron chi connectivity index (χ4n) is 1.52. The van der Waals surface area contributed by atoms with Crippen molar-refractivity contribution in [3.8, 4) is 0 Å². The maximum absolute atomic E-state index is 13.6. The molecular weight excluding hydrogens is 262 g/mol. The smallest absolute Gasteiger partial charge is 0.305 e. The number of non-ortho nitro benzene ring substituents is 1. The van der Waals surface area contributed by atoms with Crippen molar-refractivity contribution in [3.05, 3.63) is 33.9 Å². The van der Waals surface area contributed by atoms with Gasteiger partial charge < -0.3 is 10.4 Å². The van der Waals surface area contributed by atoms with Gasteiger partial charge in [-0.25, -0.2) is 8.78 Å². The molecule has 8 heteroatoms. The van der Waals surface area contributed by atoms with Crippen LogP contribution in [0.1, 0.15) is 19.8 Å². The third-order valence-corrected chi connectivity index (χ3v) is 2.50. The number of halogens is 2. The van der Waals surface area contributed by atoms with Crippen LogP contribution in [0.25, 0.3) is 0 Å². The molecule has 0 fully saturated rings. The highest BCUT2D eigenvalue weighted by atomic mass is 19.1. The first-order valence-electron chi connectivity index (χ1n) is 5.46. The average Bonchev–Trinajstić information content (AvgIpc) is 2.31. The summed E-state index contributed by atoms with van der Waals surface area (Å²) in [5, 5.41) is 21.5. The van der Waals surface area contributed by atoms with Crippen molar-refractivity contribution in [2.75, 3.05) is 5.32 Å². The predicted molar refractivity (Wildman–Crippen MR) is 63.0 cm³/mol. The second-order valence-corrected chi connectivity index (χ2v) is 3.89. The van der Waals surface area contributed by atoms with E-state index in [0.717, 1.165) is 0 Å². The fraction of sp³-hybridized carbons (Fsp3) is 0.364. The summed E-state index contributed by atoms with van der Waals surface area (Å²) in [6.45, 7) is 1.65. The molecule has 0 aromatic heterocycles. The van der Waals surface area contributed by atoms with E-state index in [-0.39, 0.29) is 6.42 Å². The Morgan fingerprint density at radius 2 is 2.00 bits per heavy atom. The maximum atomic E-state index is 13.6. The van der Waals surface area contributed by atoms with Crippen LogP contribution >= 0.6 is 0 Å². The van der Waals surface area contributed by atoms with E-state index in [2.05, 4.69) is 5.32 Å². The molecule has 0 spiro atoms. The Labute approximate surface area is 107 Å². The van der Waals surface area contributed by atoms with Crippen LogP contribution in [0.15, 0.2) is 12.1 Å². The minimum atomic E-state index is -1.13. The highest BCUT2D eigenvalue weighted by Crippen LogP contribution is 2.26. The molecule has 1 aromatic rings. The van der Waals surface area contributed by atoms with E-state index in [1.54, 1.807) is 6.92 Å². The van der Waals surface area contributed by atoms with Gasteiger partial charge in [0.05, 0.1) is 23.5 Å². The van der Waals surface area contributed by atoms with Crippen LogP contribution in [0.4, 0.5) is 20.2 Å². The minimum Gasteiger partial charge on any atom is -0.481 e. The molecule has 0 bridgehead atoms. The highest BCUT2D eigenvalue weighted by Gasteiger charge is 2.20. The number of nitro groups is 1. The van der Waals surface area contributed by atoms with Gasteiger partial charge in [-0.15, -0.1) is 0 Å². The molecule has 6 nitrogen and oxygen atoms in total. The van der Waals surface area contributed by atoms with Gasteiger partial charge in [-0.3, -0.25) is 14.9 Å². The number of hydrogen-bond donors (Lipinski definition) is 2. The van der Waals surface area contributed by atoms with Crippen LogP contribution in [0.3, 0.4) is 0 Å². The molecule has 0 amide bonds. The Balaban J connectivity index is 3.01. The van der Waals surface area contributed by atoms with Gasteiger partial charge in [0, 0.05) is 6.04 Å². The Kier molecular flexibility index (Phi) is 4.74. The number of carbonyl (C=O) groups is 1. The number of nitrogens with zero attached hydrogens (tertiary/aromatic N) is 1. The quantitative estimate of drug-likeness (QED) is 0.614. The molecule has 0 radical (unpaired) electrons. The Morgan fingerprint density at radius 1 is 1.47 bits per heavy atom. The van der Waals surface area contributed by atoms with E-state index in [1.165, 1.54) is 0 Å². The van der Waals surface area contributed by atoms with Crippen molar-refractivity contribution in [2.24, 2.45) is 0 Å². The Hall–Kier alpha value is -2.25. The Bertz CT molecular complexity index is 484. The summed E-state index contributed by atoms with van der Waals surface area (Å²) in [5.41, 5.74) is -1.26. The first kappa shape index (κ1) is 14.8. The largest absolute Gasteiger partial charge is 0.481 e. The molecule has 1 atom stereocenters. The van der Waals surface area contributed by atoms with Gasteiger partial charge in [0.15, 0.2) is 11.6 Å². The van der Waals surface area contributed by atoms with Crippen molar-refractivity contribution in [1.29, 1.82) is 0 Å². The van der Waals surface area contributed by atoms with Crippen LogP contribution in [-0.2, 0) is 4.79 Å². The number of carboxylic acid groups (broad SMARTS) is 1. The second kappa shape index (κ2) is 6.07. The molecule has 1 unspecified atom stereocenters. The van der Waals surface area contributed by atoms with Gasteiger partial charge in [-0.05, 0) is 6.42 Å². The van der Waals surface area contributed by atoms with Gasteiger partial charge >= 0.3 is 5.97 Å². The maximum Gasteiger partial charge on any atom is 0.305 e. The van der Waals surface area contributed by atoms with Crippen LogP contribution in [0.2, 0.25) is 0 Å². The van der Waals surface area contributed by atoms with E-state index in [9.17, 15) is 23.7 Å². The third kappa shape index (κ3) is 3.87. The summed E-state index contributed by atoms with van der Waals surface area (Å²) in [4.78, 5) is 20.1. The lowest BCUT2D eigenvalue weighted by molar-refractivity contribution is -0.385. The monoisotopic (exact) mass is 274 g/mol. The van der Waals surface area contributed by atoms with E-state index >= 15 is 0 Å². The summed E-state index contributed by atoms with van der Waals surface area (Å²) in [6, 6.07) is 0.501. The number of nitro benzene ring substituents is 1. The number of anilines is 1. The lowest BCUT2D eigenvalue weighted by Gasteiger charge is -2.17. The number of nitrogens with one attached hydrogen (secondary N) is 1. The first-order valence-corrected chi connectivity index (χ1v) is 5.46. The van der Waals surface area contributed by atoms with Crippen molar-refractivity contribution in [1.82, 2.24) is 0 Å². The fourth-order valence-corrected chi connectivity index (χ4v) is 1.52. The lowest BCUT2D eigenvalue weighted by Crippen LogP contribution is -2.23. The zero-order valence-corrected chi connectivity index (χ0v) is 10.0. The molecule has 0 aliphatic rings. The lowest BCUT2D eigenvalue weighted by atomic mass is 10.1. The average molecular weight is 274 g/mol. The van der Waals surface area contributed by atoms with Gasteiger partial charge in [0.1, 0.15) is 5.69 Å². The van der Waals surface area contributed by atoms with Crippen molar-refractivity contribution < 1.29 is 23.6 Å². The Morgan fingerprint density at radius 3 is 2.37 bits per heavy atom. The van der Waals surface area contributed by atoms with E-state index < -0.39 is 39.9 Å². The third-order valence-electron chi connectivity index (χ3n) is 2.50. The minimum absolute atomic E-state index is 0.313. The molecular formula is C11H12F2N2O4. The summed E-state index contributed by atoms with van der Waals surface area (Å²) < 4.78 is 27.1. The molecule has 0 heterocycles. The number of aliphatic carboxylic acids is 1. The summed E-state index contributed by atoms with van der Waals surface area (Å²) in [6.07, 6.45) is 0.0224. The van der Waals surface area contributed by atoms with E-state index in [1.807, 2.05) is 0 Å². The van der Waals surface area contributed by atoms with Crippen molar-refractivity contribution in [3.63, 3.8) is 0 Å². The highest BCUT2D eigenvalue weighted by molar-refractivity contribution is 5.68.